The molecule has 0 radical (unpaired) electrons. The fourth-order valence-electron chi connectivity index (χ4n) is 7.76. The van der Waals surface area contributed by atoms with E-state index in [0.717, 1.165) is 58.4 Å². The van der Waals surface area contributed by atoms with Crippen molar-refractivity contribution in [3.8, 4) is 16.9 Å². The van der Waals surface area contributed by atoms with Crippen LogP contribution in [0.25, 0.3) is 11.1 Å². The number of aryl methyl sites for hydroxylation is 2. The molecule has 1 aliphatic carbocycles. The van der Waals surface area contributed by atoms with E-state index in [-0.39, 0.29) is 133 Å². The fourth-order valence-corrected chi connectivity index (χ4v) is 7.76. The Hall–Kier alpha value is -2.96. The van der Waals surface area contributed by atoms with E-state index < -0.39 is 45.8 Å². The number of carbonyl (C=O) groups is 1. The summed E-state index contributed by atoms with van der Waals surface area (Å²) >= 11 is 0. The summed E-state index contributed by atoms with van der Waals surface area (Å²) in [4.78, 5) is 24.7. The Morgan fingerprint density at radius 3 is 1.59 bits per heavy atom. The number of hydrogen-bond donors (Lipinski definition) is 1. The number of carboxylic acids is 1. The second kappa shape index (κ2) is 30.2. The van der Waals surface area contributed by atoms with E-state index in [1.165, 1.54) is 6.42 Å². The molecule has 0 spiro atoms. The Kier molecular flexibility index (Phi) is 26.4. The number of fused-ring (bicyclic) bond motifs is 3. The van der Waals surface area contributed by atoms with Crippen LogP contribution in [0.5, 0.6) is 5.75 Å². The predicted molar refractivity (Wildman–Crippen MR) is 240 cm³/mol. The van der Waals surface area contributed by atoms with Gasteiger partial charge in [0, 0.05) is 54.7 Å². The average molecular weight is 1260 g/mol. The molecule has 5 aromatic carbocycles. The molecule has 0 fully saturated rings. The number of aliphatic hydroxyl groups excluding tert-OH is 1. The summed E-state index contributed by atoms with van der Waals surface area (Å²) in [6.07, 6.45) is 3.34. The Labute approximate surface area is 473 Å². The number of carboxylic acid groups (broad SMARTS) is 1. The standard InChI is InChI=1S/C44H50O11.C8H6F4.Cs.Os/c1-31-4-9-37-38-10-5-32(2)27-41(38)44(40(37)26-31,35-7-6-34(33(28-35)12-13-45)30-54-23-22-52-19-18-50-15-14-46)36-8-11-42(39(29-36)43(47)48)55-25-24-53-21-20-51-17-16-49-3;1-3-5(9)7(11)4(2)8(12)6(3)10;;/h4-12,26-29,46H,14-25,30H2,1-3H3,(H,47,48);1-2H3;;/q;;+1;/p-1. The topological polar surface area (TPSA) is 142 Å². The zero-order chi connectivity index (χ0) is 48.5. The van der Waals surface area contributed by atoms with Crippen LogP contribution in [-0.2, 0) is 65.0 Å². The molecule has 0 bridgehead atoms. The maximum absolute atomic E-state index is 12.8. The zero-order valence-electron chi connectivity index (χ0n) is 39.6. The Balaban J connectivity index is 0.000000785. The molecule has 0 aliphatic heterocycles. The number of rotatable bonds is 25. The zero-order valence-corrected chi connectivity index (χ0v) is 48.4. The van der Waals surface area contributed by atoms with Crippen LogP contribution in [0.3, 0.4) is 0 Å². The van der Waals surface area contributed by atoms with Gasteiger partial charge in [0.05, 0.1) is 90.3 Å². The Bertz CT molecular complexity index is 2320. The van der Waals surface area contributed by atoms with E-state index in [1.807, 2.05) is 44.4 Å². The van der Waals surface area contributed by atoms with Crippen LogP contribution in [0.2, 0.25) is 0 Å². The smallest absolute Gasteiger partial charge is 0.545 e. The van der Waals surface area contributed by atoms with Crippen LogP contribution in [-0.4, -0.2) is 104 Å². The van der Waals surface area contributed by atoms with Crippen molar-refractivity contribution in [3.05, 3.63) is 164 Å². The van der Waals surface area contributed by atoms with Gasteiger partial charge in [-0.3, -0.25) is 0 Å². The molecule has 6 rings (SSSR count). The van der Waals surface area contributed by atoms with Crippen LogP contribution in [0, 0.1) is 57.4 Å². The Morgan fingerprint density at radius 2 is 1.10 bits per heavy atom. The minimum atomic E-state index is -1.37. The SMILES string of the molecule is COCCOCCOCCOc1ccc(C2(c3ccc(COCCOCCOCCO)c([CH+][C-]=O)c3)c3cc(C)ccc3-c3ccc(C)cc32)cc1C(=O)[O-].Cc1c(F)c(F)c(C)c(F)c1F.[Cs+].[Os]. The summed E-state index contributed by atoms with van der Waals surface area (Å²) in [6, 6.07) is 23.8. The van der Waals surface area contributed by atoms with E-state index in [2.05, 4.69) is 36.4 Å². The Morgan fingerprint density at radius 1 is 0.638 bits per heavy atom. The summed E-state index contributed by atoms with van der Waals surface area (Å²) in [5, 5.41) is 21.6. The van der Waals surface area contributed by atoms with Crippen LogP contribution >= 0.6 is 0 Å². The average Bonchev–Trinajstić information content (AvgIpc) is 3.60. The summed E-state index contributed by atoms with van der Waals surface area (Å²) in [5.74, 6) is -6.51. The van der Waals surface area contributed by atoms with Crippen LogP contribution in [0.1, 0.15) is 66.0 Å². The number of halogens is 4. The molecule has 1 aliphatic rings. The van der Waals surface area contributed by atoms with Crippen LogP contribution in [0.15, 0.2) is 72.8 Å². The minimum Gasteiger partial charge on any atom is -0.545 e. The fraction of sp³-hybridized carbons (Fsp3) is 0.365. The number of carbonyl (C=O) groups excluding carboxylic acids is 2. The summed E-state index contributed by atoms with van der Waals surface area (Å²) in [5.41, 5.74) is 6.72. The van der Waals surface area contributed by atoms with Crippen molar-refractivity contribution >= 4 is 12.3 Å². The van der Waals surface area contributed by atoms with Crippen molar-refractivity contribution in [3.63, 3.8) is 0 Å². The quantitative estimate of drug-likeness (QED) is 0.0383. The third-order valence-corrected chi connectivity index (χ3v) is 11.1. The second-order valence-corrected chi connectivity index (χ2v) is 15.6. The first-order valence-corrected chi connectivity index (χ1v) is 21.6. The van der Waals surface area contributed by atoms with Gasteiger partial charge in [-0.2, -0.15) is 0 Å². The maximum Gasteiger partial charge on any atom is 1.00 e. The molecule has 0 saturated heterocycles. The van der Waals surface area contributed by atoms with Crippen molar-refractivity contribution in [1.82, 2.24) is 0 Å². The third kappa shape index (κ3) is 15.3. The van der Waals surface area contributed by atoms with Crippen LogP contribution < -0.4 is 78.7 Å². The molecular weight excluding hydrogens is 1200 g/mol. The summed E-state index contributed by atoms with van der Waals surface area (Å²) < 4.78 is 89.2. The van der Waals surface area contributed by atoms with Gasteiger partial charge < -0.3 is 53.0 Å². The molecule has 0 aromatic heterocycles. The van der Waals surface area contributed by atoms with Crippen molar-refractivity contribution in [1.29, 1.82) is 0 Å². The van der Waals surface area contributed by atoms with Crippen LogP contribution in [0.4, 0.5) is 17.6 Å². The van der Waals surface area contributed by atoms with Gasteiger partial charge in [-0.1, -0.05) is 60.0 Å². The molecule has 366 valence electrons. The molecule has 0 amide bonds. The molecular formula is C52H55CsF4O11Os. The molecule has 5 aromatic rings. The van der Waals surface area contributed by atoms with Crippen molar-refractivity contribution in [2.75, 3.05) is 86.4 Å². The molecule has 0 saturated carbocycles. The first kappa shape index (κ1) is 60.3. The number of aliphatic hydroxyl groups is 1. The van der Waals surface area contributed by atoms with Gasteiger partial charge in [0.1, 0.15) is 19.0 Å². The second-order valence-electron chi connectivity index (χ2n) is 15.6. The normalized spacial score (nSPS) is 11.9. The number of benzene rings is 5. The number of methoxy groups -OCH3 is 1. The van der Waals surface area contributed by atoms with Gasteiger partial charge >= 0.3 is 68.9 Å². The number of hydrogen-bond acceptors (Lipinski definition) is 11. The molecule has 17 heteroatoms. The van der Waals surface area contributed by atoms with Gasteiger partial charge in [0.2, 0.25) is 0 Å². The molecule has 0 atom stereocenters. The van der Waals surface area contributed by atoms with Gasteiger partial charge in [0.25, 0.3) is 0 Å². The van der Waals surface area contributed by atoms with E-state index in [4.69, 9.17) is 38.3 Å². The molecule has 0 unspecified atom stereocenters. The first-order valence-electron chi connectivity index (χ1n) is 21.6. The van der Waals surface area contributed by atoms with E-state index in [9.17, 15) is 32.3 Å². The largest absolute Gasteiger partial charge is 1.00 e. The number of ether oxygens (including phenoxy) is 7. The van der Waals surface area contributed by atoms with Gasteiger partial charge in [0.15, 0.2) is 23.3 Å². The molecule has 0 heterocycles. The molecule has 11 nitrogen and oxygen atoms in total. The predicted octanol–water partition coefficient (Wildman–Crippen LogP) is 4.15. The van der Waals surface area contributed by atoms with Crippen molar-refractivity contribution in [2.45, 2.75) is 39.7 Å². The van der Waals surface area contributed by atoms with E-state index in [1.54, 1.807) is 19.2 Å². The first-order chi connectivity index (χ1) is 32.3. The molecule has 1 N–H and O–H groups in total. The third-order valence-electron chi connectivity index (χ3n) is 11.1. The monoisotopic (exact) mass is 1260 g/mol. The van der Waals surface area contributed by atoms with Crippen molar-refractivity contribution in [2.24, 2.45) is 0 Å². The minimum absolute atomic E-state index is 0. The number of aromatic carboxylic acids is 1. The van der Waals surface area contributed by atoms with Crippen molar-refractivity contribution < 1.29 is 159 Å². The summed E-state index contributed by atoms with van der Waals surface area (Å²) in [7, 11) is 1.61. The van der Waals surface area contributed by atoms with Gasteiger partial charge in [-0.05, 0) is 91.4 Å². The summed E-state index contributed by atoms with van der Waals surface area (Å²) in [6.45, 7) is 10.0. The maximum atomic E-state index is 12.8. The van der Waals surface area contributed by atoms with E-state index in [0.29, 0.717) is 64.0 Å². The van der Waals surface area contributed by atoms with E-state index >= 15 is 0 Å². The molecule has 69 heavy (non-hydrogen) atoms. The van der Waals surface area contributed by atoms with Gasteiger partial charge in [-0.15, -0.1) is 0 Å². The van der Waals surface area contributed by atoms with Gasteiger partial charge in [-0.25, -0.2) is 17.6 Å².